The molecule has 0 radical (unpaired) electrons. The first kappa shape index (κ1) is 12.9. The van der Waals surface area contributed by atoms with Crippen LogP contribution in [0.3, 0.4) is 0 Å². The van der Waals surface area contributed by atoms with E-state index in [4.69, 9.17) is 5.11 Å². The van der Waals surface area contributed by atoms with Crippen molar-refractivity contribution in [3.8, 4) is 0 Å². The molecule has 3 nitrogen and oxygen atoms in total. The van der Waals surface area contributed by atoms with E-state index in [9.17, 15) is 0 Å². The van der Waals surface area contributed by atoms with Gasteiger partial charge in [0, 0.05) is 6.04 Å². The summed E-state index contributed by atoms with van der Waals surface area (Å²) in [6.07, 6.45) is 4.99. The van der Waals surface area contributed by atoms with Crippen molar-refractivity contribution in [2.45, 2.75) is 38.6 Å². The average Bonchev–Trinajstić information content (AvgIpc) is 2.71. The standard InChI is InChI=1S/C12H26N2O/c1-3-13(2)8-4-5-9-14-10-6-7-12(14)11-15/h12,15H,3-11H2,1-2H3/t12-/m0/s1. The van der Waals surface area contributed by atoms with Crippen molar-refractivity contribution < 1.29 is 5.11 Å². The fourth-order valence-electron chi connectivity index (χ4n) is 2.25. The maximum Gasteiger partial charge on any atom is 0.0586 e. The topological polar surface area (TPSA) is 26.7 Å². The normalized spacial score (nSPS) is 22.8. The Hall–Kier alpha value is -0.120. The quantitative estimate of drug-likeness (QED) is 0.645. The molecule has 0 bridgehead atoms. The molecule has 0 aromatic heterocycles. The van der Waals surface area contributed by atoms with Gasteiger partial charge in [0.05, 0.1) is 6.61 Å². The molecule has 1 atom stereocenters. The molecule has 15 heavy (non-hydrogen) atoms. The van der Waals surface area contributed by atoms with Gasteiger partial charge in [-0.15, -0.1) is 0 Å². The molecular weight excluding hydrogens is 188 g/mol. The van der Waals surface area contributed by atoms with Crippen molar-refractivity contribution in [2.24, 2.45) is 0 Å². The largest absolute Gasteiger partial charge is 0.395 e. The van der Waals surface area contributed by atoms with Gasteiger partial charge < -0.3 is 10.0 Å². The fourth-order valence-corrected chi connectivity index (χ4v) is 2.25. The monoisotopic (exact) mass is 214 g/mol. The van der Waals surface area contributed by atoms with Crippen LogP contribution in [-0.2, 0) is 0 Å². The van der Waals surface area contributed by atoms with E-state index in [1.54, 1.807) is 0 Å². The second-order valence-corrected chi connectivity index (χ2v) is 4.62. The second-order valence-electron chi connectivity index (χ2n) is 4.62. The van der Waals surface area contributed by atoms with E-state index in [1.807, 2.05) is 0 Å². The lowest BCUT2D eigenvalue weighted by Gasteiger charge is -2.23. The molecule has 0 saturated carbocycles. The number of nitrogens with zero attached hydrogens (tertiary/aromatic N) is 2. The second kappa shape index (κ2) is 7.20. The number of likely N-dealkylation sites (tertiary alicyclic amines) is 1. The van der Waals surface area contributed by atoms with Gasteiger partial charge in [-0.3, -0.25) is 4.90 Å². The summed E-state index contributed by atoms with van der Waals surface area (Å²) in [4.78, 5) is 4.81. The summed E-state index contributed by atoms with van der Waals surface area (Å²) >= 11 is 0. The molecule has 90 valence electrons. The van der Waals surface area contributed by atoms with Gasteiger partial charge in [0.2, 0.25) is 0 Å². The first-order chi connectivity index (χ1) is 7.27. The summed E-state index contributed by atoms with van der Waals surface area (Å²) < 4.78 is 0. The Labute approximate surface area is 94.1 Å². The average molecular weight is 214 g/mol. The van der Waals surface area contributed by atoms with Gasteiger partial charge in [0.25, 0.3) is 0 Å². The zero-order valence-corrected chi connectivity index (χ0v) is 10.3. The van der Waals surface area contributed by atoms with Crippen molar-refractivity contribution >= 4 is 0 Å². The van der Waals surface area contributed by atoms with E-state index in [-0.39, 0.29) is 0 Å². The molecule has 1 aliphatic rings. The predicted molar refractivity (Wildman–Crippen MR) is 64.1 cm³/mol. The summed E-state index contributed by atoms with van der Waals surface area (Å²) in [6, 6.07) is 0.453. The lowest BCUT2D eigenvalue weighted by molar-refractivity contribution is 0.156. The zero-order chi connectivity index (χ0) is 11.1. The van der Waals surface area contributed by atoms with E-state index in [2.05, 4.69) is 23.8 Å². The lowest BCUT2D eigenvalue weighted by atomic mass is 10.2. The molecule has 1 aliphatic heterocycles. The molecular formula is C12H26N2O. The molecule has 0 unspecified atom stereocenters. The van der Waals surface area contributed by atoms with Crippen LogP contribution in [-0.4, -0.2) is 60.8 Å². The summed E-state index contributed by atoms with van der Waals surface area (Å²) in [6.45, 7) is 7.24. The molecule has 1 N–H and O–H groups in total. The minimum Gasteiger partial charge on any atom is -0.395 e. The van der Waals surface area contributed by atoms with Crippen LogP contribution in [0.5, 0.6) is 0 Å². The van der Waals surface area contributed by atoms with Crippen LogP contribution >= 0.6 is 0 Å². The summed E-state index contributed by atoms with van der Waals surface area (Å²) in [5.41, 5.74) is 0. The first-order valence-electron chi connectivity index (χ1n) is 6.31. The van der Waals surface area contributed by atoms with Crippen LogP contribution in [0.1, 0.15) is 32.6 Å². The molecule has 0 aliphatic carbocycles. The van der Waals surface area contributed by atoms with Crippen LogP contribution < -0.4 is 0 Å². The minimum atomic E-state index is 0.342. The van der Waals surface area contributed by atoms with Crippen molar-refractivity contribution in [2.75, 3.05) is 39.8 Å². The number of hydrogen-bond donors (Lipinski definition) is 1. The van der Waals surface area contributed by atoms with Gasteiger partial charge in [0.15, 0.2) is 0 Å². The van der Waals surface area contributed by atoms with Gasteiger partial charge in [0.1, 0.15) is 0 Å². The van der Waals surface area contributed by atoms with Gasteiger partial charge in [-0.25, -0.2) is 0 Å². The summed E-state index contributed by atoms with van der Waals surface area (Å²) in [7, 11) is 2.17. The predicted octanol–water partition coefficient (Wildman–Crippen LogP) is 1.18. The van der Waals surface area contributed by atoms with E-state index in [1.165, 1.54) is 45.3 Å². The van der Waals surface area contributed by atoms with Crippen molar-refractivity contribution in [3.05, 3.63) is 0 Å². The van der Waals surface area contributed by atoms with Crippen molar-refractivity contribution in [1.82, 2.24) is 9.80 Å². The molecule has 3 heteroatoms. The van der Waals surface area contributed by atoms with Gasteiger partial charge >= 0.3 is 0 Å². The Balaban J connectivity index is 2.04. The molecule has 0 spiro atoms. The molecule has 1 rings (SSSR count). The lowest BCUT2D eigenvalue weighted by Crippen LogP contribution is -2.33. The highest BCUT2D eigenvalue weighted by Gasteiger charge is 2.22. The van der Waals surface area contributed by atoms with Crippen LogP contribution in [0, 0.1) is 0 Å². The van der Waals surface area contributed by atoms with Crippen LogP contribution in [0.15, 0.2) is 0 Å². The number of aliphatic hydroxyl groups excluding tert-OH is 1. The molecule has 1 heterocycles. The van der Waals surface area contributed by atoms with E-state index < -0.39 is 0 Å². The van der Waals surface area contributed by atoms with Gasteiger partial charge in [-0.1, -0.05) is 6.92 Å². The maximum atomic E-state index is 9.17. The maximum absolute atomic E-state index is 9.17. The van der Waals surface area contributed by atoms with Gasteiger partial charge in [-0.2, -0.15) is 0 Å². The highest BCUT2D eigenvalue weighted by molar-refractivity contribution is 4.78. The minimum absolute atomic E-state index is 0.342. The van der Waals surface area contributed by atoms with Gasteiger partial charge in [-0.05, 0) is 58.9 Å². The van der Waals surface area contributed by atoms with Crippen LogP contribution in [0.4, 0.5) is 0 Å². The number of hydrogen-bond acceptors (Lipinski definition) is 3. The van der Waals surface area contributed by atoms with E-state index >= 15 is 0 Å². The molecule has 0 amide bonds. The smallest absolute Gasteiger partial charge is 0.0586 e. The van der Waals surface area contributed by atoms with E-state index in [0.29, 0.717) is 12.6 Å². The highest BCUT2D eigenvalue weighted by Crippen LogP contribution is 2.16. The number of aliphatic hydroxyl groups is 1. The summed E-state index contributed by atoms with van der Waals surface area (Å²) in [5.74, 6) is 0. The summed E-state index contributed by atoms with van der Waals surface area (Å²) in [5, 5.41) is 9.17. The Morgan fingerprint density at radius 1 is 1.40 bits per heavy atom. The van der Waals surface area contributed by atoms with Crippen LogP contribution in [0.2, 0.25) is 0 Å². The SMILES string of the molecule is CCN(C)CCCCN1CCC[C@H]1CO. The van der Waals surface area contributed by atoms with Crippen LogP contribution in [0.25, 0.3) is 0 Å². The Kier molecular flexibility index (Phi) is 6.22. The van der Waals surface area contributed by atoms with Crippen molar-refractivity contribution in [3.63, 3.8) is 0 Å². The Morgan fingerprint density at radius 3 is 2.87 bits per heavy atom. The molecule has 0 aromatic carbocycles. The third-order valence-corrected chi connectivity index (χ3v) is 3.48. The van der Waals surface area contributed by atoms with E-state index in [0.717, 1.165) is 6.54 Å². The number of rotatable bonds is 7. The molecule has 0 aromatic rings. The van der Waals surface area contributed by atoms with Crippen molar-refractivity contribution in [1.29, 1.82) is 0 Å². The number of unbranched alkanes of at least 4 members (excludes halogenated alkanes) is 1. The fraction of sp³-hybridized carbons (Fsp3) is 1.00. The third-order valence-electron chi connectivity index (χ3n) is 3.48. The first-order valence-corrected chi connectivity index (χ1v) is 6.31. The molecule has 1 saturated heterocycles. The molecule has 1 fully saturated rings. The Morgan fingerprint density at radius 2 is 2.20 bits per heavy atom. The zero-order valence-electron chi connectivity index (χ0n) is 10.3. The Bertz CT molecular complexity index is 164. The third kappa shape index (κ3) is 4.49. The highest BCUT2D eigenvalue weighted by atomic mass is 16.3.